The fourth-order valence-electron chi connectivity index (χ4n) is 3.75. The van der Waals surface area contributed by atoms with Crippen molar-refractivity contribution in [3.63, 3.8) is 0 Å². The van der Waals surface area contributed by atoms with Gasteiger partial charge in [0.05, 0.1) is 17.6 Å². The maximum absolute atomic E-state index is 13.1. The normalized spacial score (nSPS) is 11.5. The summed E-state index contributed by atoms with van der Waals surface area (Å²) in [5.74, 6) is -0.327. The van der Waals surface area contributed by atoms with Crippen molar-refractivity contribution < 1.29 is 4.79 Å². The highest BCUT2D eigenvalue weighted by molar-refractivity contribution is 6.07. The van der Waals surface area contributed by atoms with Gasteiger partial charge in [-0.15, -0.1) is 0 Å². The summed E-state index contributed by atoms with van der Waals surface area (Å²) in [4.78, 5) is 34.1. The zero-order chi connectivity index (χ0) is 25.7. The highest BCUT2D eigenvalue weighted by atomic mass is 16.1. The molecule has 0 saturated heterocycles. The maximum Gasteiger partial charge on any atom is 0.250 e. The number of hydrogen-bond acceptors (Lipinski definition) is 6. The van der Waals surface area contributed by atoms with Crippen LogP contribution in [-0.2, 0) is 6.54 Å². The second-order valence-electron chi connectivity index (χ2n) is 8.83. The zero-order valence-electron chi connectivity index (χ0n) is 20.6. The molecule has 182 valence electrons. The van der Waals surface area contributed by atoms with Gasteiger partial charge in [0.25, 0.3) is 5.56 Å². The van der Waals surface area contributed by atoms with Crippen LogP contribution in [0.15, 0.2) is 90.0 Å². The molecule has 0 atom stereocenters. The fraction of sp³-hybridized carbons (Fsp3) is 0.172. The Morgan fingerprint density at radius 1 is 1.06 bits per heavy atom. The molecule has 2 aromatic carbocycles. The van der Waals surface area contributed by atoms with Gasteiger partial charge in [-0.1, -0.05) is 42.5 Å². The summed E-state index contributed by atoms with van der Waals surface area (Å²) in [5.41, 5.74) is 11.4. The van der Waals surface area contributed by atoms with E-state index in [1.54, 1.807) is 30.0 Å². The molecule has 0 bridgehead atoms. The average molecular weight is 480 g/mol. The summed E-state index contributed by atoms with van der Waals surface area (Å²) in [6.45, 7) is 6.28. The lowest BCUT2D eigenvalue weighted by molar-refractivity contribution is 0.104. The summed E-state index contributed by atoms with van der Waals surface area (Å²) in [5, 5.41) is 3.37. The predicted octanol–water partition coefficient (Wildman–Crippen LogP) is 4.99. The second-order valence-corrected chi connectivity index (χ2v) is 8.83. The van der Waals surface area contributed by atoms with Gasteiger partial charge in [0.2, 0.25) is 5.78 Å². The SMILES string of the molecule is Cc1ncc(-c2ccc(=O)n(C(C)C)c2)nc1C(=O)C=C(N)c1ccc(CNc2ccccc2)cc1. The molecule has 0 amide bonds. The highest BCUT2D eigenvalue weighted by Crippen LogP contribution is 2.19. The Labute approximate surface area is 210 Å². The van der Waals surface area contributed by atoms with Crippen molar-refractivity contribution in [2.45, 2.75) is 33.4 Å². The first-order chi connectivity index (χ1) is 17.3. The molecule has 7 heteroatoms. The first-order valence-corrected chi connectivity index (χ1v) is 11.8. The zero-order valence-corrected chi connectivity index (χ0v) is 20.6. The maximum atomic E-state index is 13.1. The number of aromatic nitrogens is 3. The molecule has 0 radical (unpaired) electrons. The molecule has 2 heterocycles. The number of carbonyl (C=O) groups excluding carboxylic acids is 1. The number of anilines is 1. The molecule has 0 spiro atoms. The quantitative estimate of drug-likeness (QED) is 0.273. The average Bonchev–Trinajstić information content (AvgIpc) is 2.88. The number of rotatable bonds is 8. The van der Waals surface area contributed by atoms with Crippen molar-refractivity contribution in [2.75, 3.05) is 5.32 Å². The number of para-hydroxylation sites is 1. The standard InChI is InChI=1S/C29H29N5O2/c1-19(2)34-18-23(13-14-28(34)36)26-17-31-20(3)29(33-26)27(35)15-25(30)22-11-9-21(10-12-22)16-32-24-7-5-4-6-8-24/h4-15,17-19,32H,16,30H2,1-3H3. The first-order valence-electron chi connectivity index (χ1n) is 11.8. The number of ketones is 1. The number of nitrogens with one attached hydrogen (secondary N) is 1. The number of pyridine rings is 1. The van der Waals surface area contributed by atoms with Gasteiger partial charge >= 0.3 is 0 Å². The van der Waals surface area contributed by atoms with Crippen molar-refractivity contribution in [3.05, 3.63) is 118 Å². The van der Waals surface area contributed by atoms with Crippen LogP contribution in [0.2, 0.25) is 0 Å². The number of nitrogens with two attached hydrogens (primary N) is 1. The molecule has 36 heavy (non-hydrogen) atoms. The van der Waals surface area contributed by atoms with E-state index in [4.69, 9.17) is 5.73 Å². The molecule has 3 N–H and O–H groups in total. The topological polar surface area (TPSA) is 103 Å². The van der Waals surface area contributed by atoms with Gasteiger partial charge in [-0.05, 0) is 50.1 Å². The molecule has 0 aliphatic carbocycles. The Morgan fingerprint density at radius 3 is 2.47 bits per heavy atom. The van der Waals surface area contributed by atoms with Gasteiger partial charge < -0.3 is 15.6 Å². The summed E-state index contributed by atoms with van der Waals surface area (Å²) in [7, 11) is 0. The van der Waals surface area contributed by atoms with Crippen molar-refractivity contribution in [1.82, 2.24) is 14.5 Å². The third-order valence-electron chi connectivity index (χ3n) is 5.82. The predicted molar refractivity (Wildman–Crippen MR) is 144 cm³/mol. The molecule has 4 aromatic rings. The van der Waals surface area contributed by atoms with Crippen LogP contribution in [0.25, 0.3) is 17.0 Å². The van der Waals surface area contributed by atoms with Gasteiger partial charge in [-0.25, -0.2) is 4.98 Å². The van der Waals surface area contributed by atoms with Crippen molar-refractivity contribution in [3.8, 4) is 11.3 Å². The van der Waals surface area contributed by atoms with E-state index in [1.807, 2.05) is 68.4 Å². The van der Waals surface area contributed by atoms with E-state index in [1.165, 1.54) is 12.1 Å². The molecular formula is C29H29N5O2. The Morgan fingerprint density at radius 2 is 1.78 bits per heavy atom. The highest BCUT2D eigenvalue weighted by Gasteiger charge is 2.14. The van der Waals surface area contributed by atoms with Gasteiger partial charge in [0.15, 0.2) is 0 Å². The Bertz CT molecular complexity index is 1460. The number of hydrogen-bond donors (Lipinski definition) is 2. The third-order valence-corrected chi connectivity index (χ3v) is 5.82. The van der Waals surface area contributed by atoms with Crippen molar-refractivity contribution >= 4 is 17.2 Å². The molecule has 0 aliphatic heterocycles. The van der Waals surface area contributed by atoms with Crippen molar-refractivity contribution in [1.29, 1.82) is 0 Å². The number of carbonyl (C=O) groups is 1. The second kappa shape index (κ2) is 10.8. The van der Waals surface area contributed by atoms with Gasteiger partial charge in [0, 0.05) is 47.9 Å². The van der Waals surface area contributed by atoms with Crippen LogP contribution in [0.1, 0.15) is 47.2 Å². The van der Waals surface area contributed by atoms with Crippen LogP contribution in [0.5, 0.6) is 0 Å². The number of benzene rings is 2. The van der Waals surface area contributed by atoms with E-state index < -0.39 is 0 Å². The fourth-order valence-corrected chi connectivity index (χ4v) is 3.75. The summed E-state index contributed by atoms with van der Waals surface area (Å²) < 4.78 is 1.62. The van der Waals surface area contributed by atoms with Gasteiger partial charge in [-0.2, -0.15) is 0 Å². The van der Waals surface area contributed by atoms with E-state index in [2.05, 4.69) is 15.3 Å². The number of aryl methyl sites for hydroxylation is 1. The Balaban J connectivity index is 1.52. The molecule has 0 saturated carbocycles. The van der Waals surface area contributed by atoms with Crippen LogP contribution >= 0.6 is 0 Å². The Hall–Kier alpha value is -4.52. The van der Waals surface area contributed by atoms with E-state index in [9.17, 15) is 9.59 Å². The first kappa shape index (κ1) is 24.6. The largest absolute Gasteiger partial charge is 0.398 e. The van der Waals surface area contributed by atoms with Crippen LogP contribution < -0.4 is 16.6 Å². The third kappa shape index (κ3) is 5.75. The smallest absolute Gasteiger partial charge is 0.250 e. The van der Waals surface area contributed by atoms with Crippen LogP contribution in [-0.4, -0.2) is 20.3 Å². The van der Waals surface area contributed by atoms with Gasteiger partial charge in [0.1, 0.15) is 5.69 Å². The van der Waals surface area contributed by atoms with E-state index in [-0.39, 0.29) is 23.1 Å². The van der Waals surface area contributed by atoms with Crippen LogP contribution in [0.3, 0.4) is 0 Å². The Kier molecular flexibility index (Phi) is 7.39. The lowest BCUT2D eigenvalue weighted by atomic mass is 10.1. The minimum Gasteiger partial charge on any atom is -0.398 e. The molecular weight excluding hydrogens is 450 g/mol. The monoisotopic (exact) mass is 479 g/mol. The van der Waals surface area contributed by atoms with Crippen molar-refractivity contribution in [2.24, 2.45) is 5.73 Å². The molecule has 2 aromatic heterocycles. The van der Waals surface area contributed by atoms with Gasteiger partial charge in [-0.3, -0.25) is 14.6 Å². The van der Waals surface area contributed by atoms with Crippen LogP contribution in [0.4, 0.5) is 5.69 Å². The molecule has 0 aliphatic rings. The summed E-state index contributed by atoms with van der Waals surface area (Å²) in [6, 6.07) is 20.9. The minimum atomic E-state index is -0.327. The lowest BCUT2D eigenvalue weighted by Gasteiger charge is -2.12. The molecule has 7 nitrogen and oxygen atoms in total. The van der Waals surface area contributed by atoms with E-state index >= 15 is 0 Å². The van der Waals surface area contributed by atoms with E-state index in [0.29, 0.717) is 29.2 Å². The molecule has 0 unspecified atom stereocenters. The van der Waals surface area contributed by atoms with Crippen LogP contribution in [0, 0.1) is 6.92 Å². The molecule has 0 fully saturated rings. The molecule has 4 rings (SSSR count). The lowest BCUT2D eigenvalue weighted by Crippen LogP contribution is -2.20. The minimum absolute atomic E-state index is 0.000185. The number of nitrogens with zero attached hydrogens (tertiary/aromatic N) is 3. The van der Waals surface area contributed by atoms with E-state index in [0.717, 1.165) is 16.8 Å². The number of allylic oxidation sites excluding steroid dienone is 1. The summed E-state index contributed by atoms with van der Waals surface area (Å²) >= 11 is 0. The summed E-state index contributed by atoms with van der Waals surface area (Å²) in [6.07, 6.45) is 4.72.